The van der Waals surface area contributed by atoms with Crippen LogP contribution in [-0.4, -0.2) is 11.6 Å². The highest BCUT2D eigenvalue weighted by atomic mass is 79.9. The van der Waals surface area contributed by atoms with Crippen molar-refractivity contribution in [2.75, 3.05) is 7.05 Å². The first-order valence-electron chi connectivity index (χ1n) is 5.87. The van der Waals surface area contributed by atoms with Crippen LogP contribution in [0.4, 0.5) is 4.39 Å². The van der Waals surface area contributed by atoms with Gasteiger partial charge in [-0.2, -0.15) is 0 Å². The molecule has 2 aromatic rings. The summed E-state index contributed by atoms with van der Waals surface area (Å²) in [4.78, 5) is 0. The highest BCUT2D eigenvalue weighted by Crippen LogP contribution is 2.18. The molecule has 0 spiro atoms. The van der Waals surface area contributed by atoms with Crippen LogP contribution in [0.15, 0.2) is 41.1 Å². The molecule has 1 unspecified atom stereocenters. The second-order valence-corrected chi connectivity index (χ2v) is 5.28. The Kier molecular flexibility index (Phi) is 4.19. The van der Waals surface area contributed by atoms with Gasteiger partial charge < -0.3 is 9.88 Å². The molecular weight excluding hydrogens is 295 g/mol. The molecule has 0 aliphatic heterocycles. The third-order valence-corrected chi connectivity index (χ3v) is 3.57. The molecule has 0 aliphatic rings. The lowest BCUT2D eigenvalue weighted by Gasteiger charge is -2.08. The van der Waals surface area contributed by atoms with Crippen LogP contribution in [0.1, 0.15) is 24.1 Å². The molecule has 1 atom stereocenters. The van der Waals surface area contributed by atoms with Crippen molar-refractivity contribution in [3.63, 3.8) is 0 Å². The van der Waals surface area contributed by atoms with E-state index in [9.17, 15) is 4.39 Å². The van der Waals surface area contributed by atoms with Crippen LogP contribution < -0.4 is 5.32 Å². The highest BCUT2D eigenvalue weighted by Gasteiger charge is 2.07. The molecule has 4 heteroatoms. The largest absolute Gasteiger partial charge is 0.349 e. The van der Waals surface area contributed by atoms with Gasteiger partial charge in [-0.1, -0.05) is 22.0 Å². The lowest BCUT2D eigenvalue weighted by molar-refractivity contribution is 0.598. The quantitative estimate of drug-likeness (QED) is 0.910. The molecular formula is C14H16BrFN2. The third kappa shape index (κ3) is 3.00. The topological polar surface area (TPSA) is 17.0 Å². The Labute approximate surface area is 115 Å². The zero-order valence-electron chi connectivity index (χ0n) is 10.5. The summed E-state index contributed by atoms with van der Waals surface area (Å²) in [5.41, 5.74) is 1.90. The number of nitrogens with one attached hydrogen (secondary N) is 1. The van der Waals surface area contributed by atoms with Crippen molar-refractivity contribution in [3.05, 3.63) is 58.1 Å². The number of hydrogen-bond donors (Lipinski definition) is 1. The molecule has 0 radical (unpaired) electrons. The summed E-state index contributed by atoms with van der Waals surface area (Å²) in [6.07, 6.45) is 4.02. The summed E-state index contributed by atoms with van der Waals surface area (Å²) in [7, 11) is 1.93. The molecule has 96 valence electrons. The van der Waals surface area contributed by atoms with Crippen molar-refractivity contribution in [1.29, 1.82) is 0 Å². The molecule has 1 heterocycles. The van der Waals surface area contributed by atoms with Crippen LogP contribution >= 0.6 is 15.9 Å². The molecule has 0 saturated carbocycles. The van der Waals surface area contributed by atoms with Gasteiger partial charge in [0.1, 0.15) is 5.82 Å². The number of benzene rings is 1. The van der Waals surface area contributed by atoms with E-state index in [2.05, 4.69) is 34.2 Å². The lowest BCUT2D eigenvalue weighted by Crippen LogP contribution is -2.11. The minimum atomic E-state index is -0.179. The average molecular weight is 311 g/mol. The maximum atomic E-state index is 13.7. The summed E-state index contributed by atoms with van der Waals surface area (Å²) in [6, 6.07) is 7.52. The van der Waals surface area contributed by atoms with Crippen LogP contribution in [-0.2, 0) is 6.54 Å². The van der Waals surface area contributed by atoms with E-state index in [-0.39, 0.29) is 5.82 Å². The first-order valence-corrected chi connectivity index (χ1v) is 6.66. The fourth-order valence-electron chi connectivity index (χ4n) is 1.83. The minimum absolute atomic E-state index is 0.179. The number of halogens is 2. The Morgan fingerprint density at radius 3 is 2.83 bits per heavy atom. The van der Waals surface area contributed by atoms with Crippen LogP contribution in [0.3, 0.4) is 0 Å². The van der Waals surface area contributed by atoms with Crippen molar-refractivity contribution in [2.24, 2.45) is 0 Å². The fraction of sp³-hybridized carbons (Fsp3) is 0.286. The van der Waals surface area contributed by atoms with Gasteiger partial charge in [-0.15, -0.1) is 0 Å². The number of aromatic nitrogens is 1. The number of rotatable bonds is 4. The van der Waals surface area contributed by atoms with Crippen LogP contribution in [0.2, 0.25) is 0 Å². The number of nitrogens with zero attached hydrogens (tertiary/aromatic N) is 1. The third-order valence-electron chi connectivity index (χ3n) is 3.07. The number of hydrogen-bond acceptors (Lipinski definition) is 1. The molecule has 0 saturated heterocycles. The van der Waals surface area contributed by atoms with Gasteiger partial charge in [0.15, 0.2) is 0 Å². The molecule has 18 heavy (non-hydrogen) atoms. The lowest BCUT2D eigenvalue weighted by atomic mass is 10.2. The van der Waals surface area contributed by atoms with Crippen LogP contribution in [0.5, 0.6) is 0 Å². The van der Waals surface area contributed by atoms with Gasteiger partial charge in [-0.05, 0) is 37.7 Å². The van der Waals surface area contributed by atoms with E-state index in [1.807, 2.05) is 30.1 Å². The minimum Gasteiger partial charge on any atom is -0.349 e. The van der Waals surface area contributed by atoms with Gasteiger partial charge in [-0.3, -0.25) is 0 Å². The molecule has 1 aromatic heterocycles. The Hall–Kier alpha value is -1.13. The Morgan fingerprint density at radius 2 is 2.17 bits per heavy atom. The summed E-state index contributed by atoms with van der Waals surface area (Å²) in [5, 5.41) is 3.18. The fourth-order valence-corrected chi connectivity index (χ4v) is 2.16. The summed E-state index contributed by atoms with van der Waals surface area (Å²) < 4.78 is 16.5. The second-order valence-electron chi connectivity index (χ2n) is 4.36. The van der Waals surface area contributed by atoms with E-state index in [0.717, 1.165) is 4.47 Å². The molecule has 0 bridgehead atoms. The molecule has 1 aromatic carbocycles. The van der Waals surface area contributed by atoms with Crippen LogP contribution in [0.25, 0.3) is 0 Å². The van der Waals surface area contributed by atoms with E-state index in [1.165, 1.54) is 11.6 Å². The molecule has 0 fully saturated rings. The molecule has 0 amide bonds. The van der Waals surface area contributed by atoms with Crippen LogP contribution in [0, 0.1) is 5.82 Å². The first-order chi connectivity index (χ1) is 8.60. The molecule has 1 N–H and O–H groups in total. The van der Waals surface area contributed by atoms with Crippen molar-refractivity contribution >= 4 is 15.9 Å². The van der Waals surface area contributed by atoms with Crippen molar-refractivity contribution in [1.82, 2.24) is 9.88 Å². The van der Waals surface area contributed by atoms with E-state index in [0.29, 0.717) is 18.2 Å². The van der Waals surface area contributed by atoms with Gasteiger partial charge in [0.05, 0.1) is 0 Å². The Bertz CT molecular complexity index is 536. The second kappa shape index (κ2) is 5.67. The van der Waals surface area contributed by atoms with Gasteiger partial charge >= 0.3 is 0 Å². The van der Waals surface area contributed by atoms with E-state index in [4.69, 9.17) is 0 Å². The smallest absolute Gasteiger partial charge is 0.129 e. The summed E-state index contributed by atoms with van der Waals surface area (Å²) in [6.45, 7) is 2.65. The molecule has 2 rings (SSSR count). The monoisotopic (exact) mass is 310 g/mol. The van der Waals surface area contributed by atoms with E-state index < -0.39 is 0 Å². The van der Waals surface area contributed by atoms with Gasteiger partial charge in [0.2, 0.25) is 0 Å². The van der Waals surface area contributed by atoms with Crippen molar-refractivity contribution in [2.45, 2.75) is 19.5 Å². The Morgan fingerprint density at radius 1 is 1.39 bits per heavy atom. The zero-order chi connectivity index (χ0) is 13.1. The summed E-state index contributed by atoms with van der Waals surface area (Å²) >= 11 is 3.26. The first kappa shape index (κ1) is 13.3. The maximum Gasteiger partial charge on any atom is 0.129 e. The van der Waals surface area contributed by atoms with Gasteiger partial charge in [0, 0.05) is 35.0 Å². The van der Waals surface area contributed by atoms with Gasteiger partial charge in [-0.25, -0.2) is 4.39 Å². The maximum absolute atomic E-state index is 13.7. The normalized spacial score (nSPS) is 12.7. The standard InChI is InChI=1S/C14H16BrFN2/c1-10(17-2)11-5-6-18(8-11)9-12-3-4-13(15)7-14(12)16/h3-8,10,17H,9H2,1-2H3. The van der Waals surface area contributed by atoms with Crippen molar-refractivity contribution < 1.29 is 4.39 Å². The predicted octanol–water partition coefficient (Wildman–Crippen LogP) is 3.72. The van der Waals surface area contributed by atoms with E-state index in [1.54, 1.807) is 6.07 Å². The van der Waals surface area contributed by atoms with E-state index >= 15 is 0 Å². The summed E-state index contributed by atoms with van der Waals surface area (Å²) in [5.74, 6) is -0.179. The SMILES string of the molecule is CNC(C)c1ccn(Cc2ccc(Br)cc2F)c1. The van der Waals surface area contributed by atoms with Crippen molar-refractivity contribution in [3.8, 4) is 0 Å². The Balaban J connectivity index is 2.16. The predicted molar refractivity (Wildman–Crippen MR) is 75.1 cm³/mol. The average Bonchev–Trinajstić information content (AvgIpc) is 2.80. The molecule has 0 aliphatic carbocycles. The zero-order valence-corrected chi connectivity index (χ0v) is 12.0. The molecule has 2 nitrogen and oxygen atoms in total. The van der Waals surface area contributed by atoms with Gasteiger partial charge in [0.25, 0.3) is 0 Å². The highest BCUT2D eigenvalue weighted by molar-refractivity contribution is 9.10.